The quantitative estimate of drug-likeness (QED) is 0.689. The van der Waals surface area contributed by atoms with Crippen molar-refractivity contribution < 1.29 is 13.2 Å². The van der Waals surface area contributed by atoms with Gasteiger partial charge in [-0.05, 0) is 39.7 Å². The molecule has 0 aliphatic carbocycles. The fourth-order valence-electron chi connectivity index (χ4n) is 1.45. The Hall–Kier alpha value is -0.250. The van der Waals surface area contributed by atoms with Crippen LogP contribution in [-0.4, -0.2) is 30.2 Å². The number of rotatable bonds is 5. The summed E-state index contributed by atoms with van der Waals surface area (Å²) >= 11 is 0. The summed E-state index contributed by atoms with van der Waals surface area (Å²) in [7, 11) is 1.54. The minimum Gasteiger partial charge on any atom is -0.293 e. The van der Waals surface area contributed by atoms with E-state index in [9.17, 15) is 13.2 Å². The normalized spacial score (nSPS) is 15.4. The zero-order chi connectivity index (χ0) is 12.2. The summed E-state index contributed by atoms with van der Waals surface area (Å²) in [5.41, 5.74) is 0. The van der Waals surface area contributed by atoms with Gasteiger partial charge in [-0.1, -0.05) is 13.8 Å². The lowest BCUT2D eigenvalue weighted by molar-refractivity contribution is -0.186. The summed E-state index contributed by atoms with van der Waals surface area (Å²) in [6.07, 6.45) is -3.31. The minimum absolute atomic E-state index is 0.0798. The lowest BCUT2D eigenvalue weighted by atomic mass is 10.0. The Morgan fingerprint density at radius 3 is 1.73 bits per heavy atom. The highest BCUT2D eigenvalue weighted by molar-refractivity contribution is 4.79. The van der Waals surface area contributed by atoms with Gasteiger partial charge in [-0.25, -0.2) is 0 Å². The monoisotopic (exact) mass is 225 g/mol. The summed E-state index contributed by atoms with van der Waals surface area (Å²) in [5, 5.41) is 0. The van der Waals surface area contributed by atoms with E-state index in [1.54, 1.807) is 20.9 Å². The van der Waals surface area contributed by atoms with Gasteiger partial charge in [0.05, 0.1) is 0 Å². The number of halogens is 3. The number of hydrogen-bond acceptors (Lipinski definition) is 1. The van der Waals surface area contributed by atoms with Crippen molar-refractivity contribution in [2.75, 3.05) is 7.05 Å². The van der Waals surface area contributed by atoms with E-state index in [1.807, 2.05) is 13.8 Å². The molecule has 0 bridgehead atoms. The van der Waals surface area contributed by atoms with Crippen molar-refractivity contribution in [3.63, 3.8) is 0 Å². The molecule has 0 N–H and O–H groups in total. The van der Waals surface area contributed by atoms with Crippen LogP contribution in [0.4, 0.5) is 13.2 Å². The Balaban J connectivity index is 4.46. The van der Waals surface area contributed by atoms with Crippen LogP contribution in [0.25, 0.3) is 0 Å². The van der Waals surface area contributed by atoms with Gasteiger partial charge in [0.25, 0.3) is 0 Å². The van der Waals surface area contributed by atoms with E-state index in [1.165, 1.54) is 4.90 Å². The van der Waals surface area contributed by atoms with Crippen LogP contribution in [0.5, 0.6) is 0 Å². The maximum Gasteiger partial charge on any atom is 0.404 e. The van der Waals surface area contributed by atoms with Gasteiger partial charge in [0.15, 0.2) is 0 Å². The van der Waals surface area contributed by atoms with Crippen LogP contribution in [0.1, 0.15) is 40.5 Å². The second-order valence-corrected chi connectivity index (χ2v) is 4.79. The Labute approximate surface area is 90.6 Å². The van der Waals surface area contributed by atoms with Gasteiger partial charge in [0.2, 0.25) is 0 Å². The van der Waals surface area contributed by atoms with Crippen molar-refractivity contribution >= 4 is 0 Å². The molecule has 0 radical (unpaired) electrons. The van der Waals surface area contributed by atoms with Gasteiger partial charge in [0, 0.05) is 6.04 Å². The maximum absolute atomic E-state index is 12.7. The lowest BCUT2D eigenvalue weighted by Gasteiger charge is -2.33. The molecule has 92 valence electrons. The zero-order valence-corrected chi connectivity index (χ0v) is 10.2. The molecular formula is C11H22F3N. The average Bonchev–Trinajstić information content (AvgIpc) is 2.00. The van der Waals surface area contributed by atoms with E-state index in [0.29, 0.717) is 12.3 Å². The van der Waals surface area contributed by atoms with Gasteiger partial charge < -0.3 is 0 Å². The van der Waals surface area contributed by atoms with Crippen LogP contribution in [0.2, 0.25) is 0 Å². The molecular weight excluding hydrogens is 203 g/mol. The molecule has 0 spiro atoms. The number of alkyl halides is 3. The molecule has 1 atom stereocenters. The van der Waals surface area contributed by atoms with Crippen molar-refractivity contribution in [2.24, 2.45) is 5.92 Å². The average molecular weight is 225 g/mol. The first-order chi connectivity index (χ1) is 6.66. The van der Waals surface area contributed by atoms with Gasteiger partial charge in [-0.2, -0.15) is 13.2 Å². The number of nitrogens with zero attached hydrogens (tertiary/aromatic N) is 1. The van der Waals surface area contributed by atoms with E-state index in [0.717, 1.165) is 0 Å². The van der Waals surface area contributed by atoms with E-state index < -0.39 is 12.2 Å². The fraction of sp³-hybridized carbons (Fsp3) is 1.00. The largest absolute Gasteiger partial charge is 0.404 e. The highest BCUT2D eigenvalue weighted by atomic mass is 19.4. The lowest BCUT2D eigenvalue weighted by Crippen LogP contribution is -2.46. The van der Waals surface area contributed by atoms with Crippen LogP contribution in [0.3, 0.4) is 0 Å². The molecule has 0 amide bonds. The minimum atomic E-state index is -4.12. The molecule has 0 aliphatic heterocycles. The van der Waals surface area contributed by atoms with E-state index in [-0.39, 0.29) is 12.5 Å². The molecule has 0 aromatic rings. The summed E-state index contributed by atoms with van der Waals surface area (Å²) < 4.78 is 38.2. The third-order valence-corrected chi connectivity index (χ3v) is 2.70. The first-order valence-electron chi connectivity index (χ1n) is 5.45. The predicted octanol–water partition coefficient (Wildman–Crippen LogP) is 3.69. The van der Waals surface area contributed by atoms with Crippen molar-refractivity contribution in [2.45, 2.75) is 58.8 Å². The third-order valence-electron chi connectivity index (χ3n) is 2.70. The SMILES string of the molecule is CC(C)CCC(N(C)C(C)C)C(F)(F)F. The second-order valence-electron chi connectivity index (χ2n) is 4.79. The van der Waals surface area contributed by atoms with Gasteiger partial charge in [-0.15, -0.1) is 0 Å². The van der Waals surface area contributed by atoms with Crippen molar-refractivity contribution in [3.8, 4) is 0 Å². The van der Waals surface area contributed by atoms with Gasteiger partial charge >= 0.3 is 6.18 Å². The molecule has 1 nitrogen and oxygen atoms in total. The predicted molar refractivity (Wildman–Crippen MR) is 56.8 cm³/mol. The Bertz CT molecular complexity index is 175. The standard InChI is InChI=1S/C11H22F3N/c1-8(2)6-7-10(11(12,13)14)15(5)9(3)4/h8-10H,6-7H2,1-5H3. The van der Waals surface area contributed by atoms with Crippen molar-refractivity contribution in [1.29, 1.82) is 0 Å². The van der Waals surface area contributed by atoms with E-state index >= 15 is 0 Å². The summed E-state index contributed by atoms with van der Waals surface area (Å²) in [4.78, 5) is 1.41. The molecule has 0 aromatic carbocycles. The highest BCUT2D eigenvalue weighted by Crippen LogP contribution is 2.29. The number of hydrogen-bond donors (Lipinski definition) is 0. The molecule has 0 fully saturated rings. The van der Waals surface area contributed by atoms with Crippen molar-refractivity contribution in [3.05, 3.63) is 0 Å². The van der Waals surface area contributed by atoms with Gasteiger partial charge in [0.1, 0.15) is 6.04 Å². The van der Waals surface area contributed by atoms with E-state index in [2.05, 4.69) is 0 Å². The van der Waals surface area contributed by atoms with Gasteiger partial charge in [-0.3, -0.25) is 4.90 Å². The Morgan fingerprint density at radius 1 is 1.00 bits per heavy atom. The smallest absolute Gasteiger partial charge is 0.293 e. The van der Waals surface area contributed by atoms with Crippen LogP contribution in [-0.2, 0) is 0 Å². The highest BCUT2D eigenvalue weighted by Gasteiger charge is 2.42. The molecule has 0 aromatic heterocycles. The van der Waals surface area contributed by atoms with Crippen LogP contribution in [0.15, 0.2) is 0 Å². The topological polar surface area (TPSA) is 3.24 Å². The summed E-state index contributed by atoms with van der Waals surface area (Å²) in [6.45, 7) is 7.47. The molecule has 0 aliphatic rings. The third kappa shape index (κ3) is 5.40. The van der Waals surface area contributed by atoms with Crippen molar-refractivity contribution in [1.82, 2.24) is 4.90 Å². The van der Waals surface area contributed by atoms with Crippen LogP contribution >= 0.6 is 0 Å². The first-order valence-corrected chi connectivity index (χ1v) is 5.45. The van der Waals surface area contributed by atoms with Crippen LogP contribution in [0, 0.1) is 5.92 Å². The molecule has 15 heavy (non-hydrogen) atoms. The molecule has 4 heteroatoms. The maximum atomic E-state index is 12.7. The molecule has 1 unspecified atom stereocenters. The fourth-order valence-corrected chi connectivity index (χ4v) is 1.45. The molecule has 0 rings (SSSR count). The van der Waals surface area contributed by atoms with Crippen LogP contribution < -0.4 is 0 Å². The van der Waals surface area contributed by atoms with E-state index in [4.69, 9.17) is 0 Å². The Morgan fingerprint density at radius 2 is 1.47 bits per heavy atom. The molecule has 0 heterocycles. The Kier molecular flexibility index (Phi) is 5.63. The second kappa shape index (κ2) is 5.73. The molecule has 0 saturated heterocycles. The summed E-state index contributed by atoms with van der Waals surface area (Å²) in [6, 6.07) is -1.39. The summed E-state index contributed by atoms with van der Waals surface area (Å²) in [5.74, 6) is 0.315. The zero-order valence-electron chi connectivity index (χ0n) is 10.2. The first kappa shape index (κ1) is 14.8. The molecule has 0 saturated carbocycles.